The molecule has 3 aromatic rings. The largest absolute Gasteiger partial charge is 0.269 e. The van der Waals surface area contributed by atoms with Crippen molar-refractivity contribution in [3.63, 3.8) is 0 Å². The van der Waals surface area contributed by atoms with E-state index in [1.807, 2.05) is 13.0 Å². The van der Waals surface area contributed by atoms with Crippen LogP contribution in [0.25, 0.3) is 17.0 Å². The predicted molar refractivity (Wildman–Crippen MR) is 71.8 cm³/mol. The molecular formula is C13H10N6O. The Kier molecular flexibility index (Phi) is 2.76. The van der Waals surface area contributed by atoms with Gasteiger partial charge < -0.3 is 0 Å². The minimum absolute atomic E-state index is 0.203. The summed E-state index contributed by atoms with van der Waals surface area (Å²) in [5.41, 5.74) is 1.58. The van der Waals surface area contributed by atoms with Gasteiger partial charge in [0.25, 0.3) is 5.56 Å². The average Bonchev–Trinajstić information content (AvgIpc) is 2.89. The number of aromatic nitrogens is 6. The Bertz CT molecular complexity index is 886. The summed E-state index contributed by atoms with van der Waals surface area (Å²) in [5.74, 6) is 2.62. The Balaban J connectivity index is 2.20. The van der Waals surface area contributed by atoms with Gasteiger partial charge in [-0.1, -0.05) is 12.0 Å². The summed E-state index contributed by atoms with van der Waals surface area (Å²) in [5, 5.41) is 11.7. The number of terminal acetylenes is 1. The molecule has 0 saturated carbocycles. The monoisotopic (exact) mass is 266 g/mol. The van der Waals surface area contributed by atoms with Gasteiger partial charge in [-0.3, -0.25) is 9.20 Å². The highest BCUT2D eigenvalue weighted by Gasteiger charge is 2.13. The first kappa shape index (κ1) is 12.0. The first-order valence-corrected chi connectivity index (χ1v) is 5.89. The van der Waals surface area contributed by atoms with Crippen LogP contribution in [-0.4, -0.2) is 29.6 Å². The van der Waals surface area contributed by atoms with Crippen molar-refractivity contribution in [2.24, 2.45) is 0 Å². The van der Waals surface area contributed by atoms with E-state index < -0.39 is 0 Å². The number of pyridine rings is 1. The quantitative estimate of drug-likeness (QED) is 0.623. The van der Waals surface area contributed by atoms with Gasteiger partial charge in [0.2, 0.25) is 5.82 Å². The molecule has 0 N–H and O–H groups in total. The molecule has 3 aromatic heterocycles. The molecule has 20 heavy (non-hydrogen) atoms. The number of hydrogen-bond donors (Lipinski definition) is 0. The summed E-state index contributed by atoms with van der Waals surface area (Å²) in [6.07, 6.45) is 8.29. The van der Waals surface area contributed by atoms with Crippen molar-refractivity contribution in [1.82, 2.24) is 29.6 Å². The van der Waals surface area contributed by atoms with E-state index in [2.05, 4.69) is 26.3 Å². The van der Waals surface area contributed by atoms with E-state index in [4.69, 9.17) is 6.42 Å². The van der Waals surface area contributed by atoms with Gasteiger partial charge in [0.15, 0.2) is 0 Å². The lowest BCUT2D eigenvalue weighted by Crippen LogP contribution is -2.17. The van der Waals surface area contributed by atoms with Crippen LogP contribution in [0.3, 0.4) is 0 Å². The standard InChI is InChI=1S/C13H10N6O/c1-3-6-19-16-11(15-17-19)10-8-14-12-9(2)5-4-7-18(12)13(10)20/h1,4-5,7-8H,6H2,2H3. The summed E-state index contributed by atoms with van der Waals surface area (Å²) in [6, 6.07) is 3.68. The van der Waals surface area contributed by atoms with Crippen molar-refractivity contribution in [3.05, 3.63) is 40.4 Å². The third kappa shape index (κ3) is 1.83. The zero-order valence-corrected chi connectivity index (χ0v) is 10.7. The number of hydrogen-bond acceptors (Lipinski definition) is 5. The number of tetrazole rings is 1. The van der Waals surface area contributed by atoms with E-state index in [0.717, 1.165) is 5.56 Å². The van der Waals surface area contributed by atoms with Crippen molar-refractivity contribution in [2.45, 2.75) is 13.5 Å². The molecule has 0 atom stereocenters. The number of nitrogens with zero attached hydrogens (tertiary/aromatic N) is 6. The van der Waals surface area contributed by atoms with Gasteiger partial charge in [0, 0.05) is 12.4 Å². The number of aryl methyl sites for hydroxylation is 1. The lowest BCUT2D eigenvalue weighted by Gasteiger charge is -2.03. The first-order chi connectivity index (χ1) is 9.70. The number of fused-ring (bicyclic) bond motifs is 1. The number of rotatable bonds is 2. The summed E-state index contributed by atoms with van der Waals surface area (Å²) in [6.45, 7) is 2.09. The van der Waals surface area contributed by atoms with Crippen molar-refractivity contribution in [2.75, 3.05) is 0 Å². The molecule has 0 aliphatic heterocycles. The molecule has 0 saturated heterocycles. The molecule has 0 fully saturated rings. The van der Waals surface area contributed by atoms with Gasteiger partial charge in [0.05, 0.1) is 0 Å². The third-order valence-electron chi connectivity index (χ3n) is 2.85. The fraction of sp³-hybridized carbons (Fsp3) is 0.154. The predicted octanol–water partition coefficient (Wildman–Crippen LogP) is 0.290. The van der Waals surface area contributed by atoms with Crippen molar-refractivity contribution in [1.29, 1.82) is 0 Å². The van der Waals surface area contributed by atoms with Gasteiger partial charge in [-0.25, -0.2) is 4.98 Å². The Hall–Kier alpha value is -3.01. The average molecular weight is 266 g/mol. The van der Waals surface area contributed by atoms with Crippen LogP contribution in [0.5, 0.6) is 0 Å². The van der Waals surface area contributed by atoms with Gasteiger partial charge in [-0.15, -0.1) is 16.6 Å². The van der Waals surface area contributed by atoms with Gasteiger partial charge >= 0.3 is 0 Å². The maximum atomic E-state index is 12.4. The molecule has 0 unspecified atom stereocenters. The Morgan fingerprint density at radius 1 is 1.45 bits per heavy atom. The van der Waals surface area contributed by atoms with Crippen molar-refractivity contribution >= 4 is 5.65 Å². The second-order valence-electron chi connectivity index (χ2n) is 4.21. The van der Waals surface area contributed by atoms with Gasteiger partial charge in [0.1, 0.15) is 17.8 Å². The van der Waals surface area contributed by atoms with Crippen LogP contribution < -0.4 is 5.56 Å². The molecule has 7 nitrogen and oxygen atoms in total. The van der Waals surface area contributed by atoms with E-state index in [-0.39, 0.29) is 23.5 Å². The van der Waals surface area contributed by atoms with Gasteiger partial charge in [-0.05, 0) is 23.8 Å². The topological polar surface area (TPSA) is 78.0 Å². The minimum Gasteiger partial charge on any atom is -0.268 e. The lowest BCUT2D eigenvalue weighted by atomic mass is 10.2. The van der Waals surface area contributed by atoms with Crippen LogP contribution in [0, 0.1) is 19.3 Å². The summed E-state index contributed by atoms with van der Waals surface area (Å²) in [4.78, 5) is 17.9. The van der Waals surface area contributed by atoms with Crippen LogP contribution >= 0.6 is 0 Å². The second-order valence-corrected chi connectivity index (χ2v) is 4.21. The van der Waals surface area contributed by atoms with Crippen LogP contribution in [0.2, 0.25) is 0 Å². The minimum atomic E-state index is -0.237. The molecule has 0 aliphatic carbocycles. The lowest BCUT2D eigenvalue weighted by molar-refractivity contribution is 0.592. The molecule has 0 aliphatic rings. The summed E-state index contributed by atoms with van der Waals surface area (Å²) < 4.78 is 1.46. The Morgan fingerprint density at radius 2 is 2.30 bits per heavy atom. The SMILES string of the molecule is C#CCn1nnc(-c2cnc3c(C)cccn3c2=O)n1. The van der Waals surface area contributed by atoms with Crippen LogP contribution in [0.15, 0.2) is 29.3 Å². The molecule has 3 heterocycles. The highest BCUT2D eigenvalue weighted by atomic mass is 16.1. The van der Waals surface area contributed by atoms with Crippen molar-refractivity contribution in [3.8, 4) is 23.7 Å². The van der Waals surface area contributed by atoms with E-state index in [1.165, 1.54) is 15.4 Å². The second kappa shape index (κ2) is 4.59. The van der Waals surface area contributed by atoms with Crippen molar-refractivity contribution < 1.29 is 0 Å². The molecule has 0 spiro atoms. The molecule has 3 rings (SSSR count). The van der Waals surface area contributed by atoms with E-state index in [1.54, 1.807) is 12.3 Å². The normalized spacial score (nSPS) is 10.6. The molecule has 98 valence electrons. The molecule has 0 bridgehead atoms. The fourth-order valence-corrected chi connectivity index (χ4v) is 1.90. The Labute approximate surface area is 113 Å². The molecule has 0 amide bonds. The maximum absolute atomic E-state index is 12.4. The van der Waals surface area contributed by atoms with E-state index >= 15 is 0 Å². The molecular weight excluding hydrogens is 256 g/mol. The third-order valence-corrected chi connectivity index (χ3v) is 2.85. The fourth-order valence-electron chi connectivity index (χ4n) is 1.90. The first-order valence-electron chi connectivity index (χ1n) is 5.89. The van der Waals surface area contributed by atoms with Crippen LogP contribution in [0.4, 0.5) is 0 Å². The highest BCUT2D eigenvalue weighted by molar-refractivity contribution is 5.56. The highest BCUT2D eigenvalue weighted by Crippen LogP contribution is 2.10. The zero-order chi connectivity index (χ0) is 14.1. The molecule has 0 radical (unpaired) electrons. The van der Waals surface area contributed by atoms with Crippen LogP contribution in [-0.2, 0) is 6.54 Å². The molecule has 7 heteroatoms. The maximum Gasteiger partial charge on any atom is 0.269 e. The van der Waals surface area contributed by atoms with E-state index in [0.29, 0.717) is 5.65 Å². The van der Waals surface area contributed by atoms with Crippen LogP contribution in [0.1, 0.15) is 5.56 Å². The summed E-state index contributed by atoms with van der Waals surface area (Å²) in [7, 11) is 0. The molecule has 0 aromatic carbocycles. The Morgan fingerprint density at radius 3 is 3.10 bits per heavy atom. The zero-order valence-electron chi connectivity index (χ0n) is 10.7. The van der Waals surface area contributed by atoms with Gasteiger partial charge in [-0.2, -0.15) is 4.80 Å². The summed E-state index contributed by atoms with van der Waals surface area (Å²) >= 11 is 0. The van der Waals surface area contributed by atoms with E-state index in [9.17, 15) is 4.79 Å². The smallest absolute Gasteiger partial charge is 0.268 e.